The first-order valence-electron chi connectivity index (χ1n) is 6.26. The van der Waals surface area contributed by atoms with E-state index in [0.717, 1.165) is 25.7 Å². The molecule has 1 atom stereocenters. The lowest BCUT2D eigenvalue weighted by molar-refractivity contribution is -0.0978. The first kappa shape index (κ1) is 9.46. The number of carbonyl (C=O) groups excluding carboxylic acids is 1. The van der Waals surface area contributed by atoms with E-state index in [-0.39, 0.29) is 0 Å². The minimum Gasteiger partial charge on any atom is -0.450 e. The summed E-state index contributed by atoms with van der Waals surface area (Å²) in [6, 6.07) is 0. The number of amides is 1. The summed E-state index contributed by atoms with van der Waals surface area (Å²) in [4.78, 5) is 13.5. The summed E-state index contributed by atoms with van der Waals surface area (Å²) in [5, 5.41) is 0. The molecule has 2 fully saturated rings. The van der Waals surface area contributed by atoms with E-state index in [1.807, 2.05) is 0 Å². The zero-order chi connectivity index (χ0) is 11.6. The highest BCUT2D eigenvalue weighted by atomic mass is 16.6. The highest BCUT2D eigenvalue weighted by molar-refractivity contribution is 5.68. The fraction of sp³-hybridized carbons (Fsp3) is 0.909. The van der Waals surface area contributed by atoms with Crippen LogP contribution in [0, 0.1) is 0 Å². The molecule has 0 bridgehead atoms. The van der Waals surface area contributed by atoms with Gasteiger partial charge in [0.15, 0.2) is 0 Å². The molecule has 0 radical (unpaired) electrons. The van der Waals surface area contributed by atoms with Crippen molar-refractivity contribution < 1.29 is 15.6 Å². The summed E-state index contributed by atoms with van der Waals surface area (Å²) in [6.45, 7) is 1.91. The largest absolute Gasteiger partial charge is 0.450 e. The maximum absolute atomic E-state index is 11.8. The average Bonchev–Trinajstić information content (AvgIpc) is 2.62. The van der Waals surface area contributed by atoms with Crippen molar-refractivity contribution >= 4 is 6.09 Å². The Labute approximate surface area is 91.9 Å². The van der Waals surface area contributed by atoms with Gasteiger partial charge in [-0.15, -0.1) is 0 Å². The van der Waals surface area contributed by atoms with Gasteiger partial charge in [-0.25, -0.2) is 4.79 Å². The van der Waals surface area contributed by atoms with Crippen molar-refractivity contribution in [3.8, 4) is 0 Å². The summed E-state index contributed by atoms with van der Waals surface area (Å²) in [5.41, 5.74) is -0.426. The van der Waals surface area contributed by atoms with E-state index in [2.05, 4.69) is 0 Å². The van der Waals surface area contributed by atoms with Gasteiger partial charge in [-0.2, -0.15) is 0 Å². The van der Waals surface area contributed by atoms with E-state index in [1.54, 1.807) is 11.8 Å². The summed E-state index contributed by atoms with van der Waals surface area (Å²) in [6.07, 6.45) is 4.80. The van der Waals surface area contributed by atoms with E-state index in [4.69, 9.17) is 10.8 Å². The Hall–Kier alpha value is -0.770. The Balaban J connectivity index is 2.04. The maximum atomic E-state index is 11.8. The number of nitrogens with zero attached hydrogens (tertiary/aromatic N) is 1. The molecule has 0 aromatic carbocycles. The van der Waals surface area contributed by atoms with Crippen molar-refractivity contribution in [1.82, 2.24) is 4.90 Å². The molecule has 1 saturated heterocycles. The number of carbonyl (C=O) groups is 1. The highest BCUT2D eigenvalue weighted by Crippen LogP contribution is 2.38. The van der Waals surface area contributed by atoms with Crippen LogP contribution in [-0.2, 0) is 9.47 Å². The van der Waals surface area contributed by atoms with E-state index in [9.17, 15) is 4.79 Å². The van der Waals surface area contributed by atoms with Crippen LogP contribution in [0.15, 0.2) is 0 Å². The second-order valence-corrected chi connectivity index (χ2v) is 4.13. The van der Waals surface area contributed by atoms with Gasteiger partial charge in [0.25, 0.3) is 0 Å². The molecule has 1 aliphatic carbocycles. The van der Waals surface area contributed by atoms with Crippen LogP contribution in [0.25, 0.3) is 0 Å². The fourth-order valence-electron chi connectivity index (χ4n) is 2.55. The Morgan fingerprint density at radius 1 is 1.53 bits per heavy atom. The van der Waals surface area contributed by atoms with E-state index >= 15 is 0 Å². The predicted octanol–water partition coefficient (Wildman–Crippen LogP) is 2.14. The van der Waals surface area contributed by atoms with Gasteiger partial charge in [-0.1, -0.05) is 6.42 Å². The molecule has 1 heterocycles. The van der Waals surface area contributed by atoms with Crippen LogP contribution in [0.1, 0.15) is 40.4 Å². The molecule has 2 rings (SSSR count). The van der Waals surface area contributed by atoms with Crippen molar-refractivity contribution in [2.45, 2.75) is 44.8 Å². The zero-order valence-corrected chi connectivity index (χ0v) is 9.20. The molecule has 0 aromatic heterocycles. The molecule has 4 nitrogen and oxygen atoms in total. The Morgan fingerprint density at radius 2 is 2.27 bits per heavy atom. The van der Waals surface area contributed by atoms with Gasteiger partial charge in [-0.3, -0.25) is 4.90 Å². The quantitative estimate of drug-likeness (QED) is 0.671. The first-order chi connectivity index (χ1) is 7.64. The molecule has 1 spiro atoms. The lowest BCUT2D eigenvalue weighted by atomic mass is 9.91. The SMILES string of the molecule is [2H]C(C)OC(=O)N1CCOC12CCCCC2. The van der Waals surface area contributed by atoms with Gasteiger partial charge in [0.1, 0.15) is 5.72 Å². The molecule has 0 N–H and O–H groups in total. The lowest BCUT2D eigenvalue weighted by Crippen LogP contribution is -2.49. The van der Waals surface area contributed by atoms with Gasteiger partial charge in [0, 0.05) is 0 Å². The minimum absolute atomic E-state index is 0.401. The van der Waals surface area contributed by atoms with Crippen molar-refractivity contribution in [3.05, 3.63) is 0 Å². The van der Waals surface area contributed by atoms with Crippen molar-refractivity contribution in [2.24, 2.45) is 0 Å². The minimum atomic E-state index is -0.811. The molecular weight excluding hydrogens is 194 g/mol. The highest BCUT2D eigenvalue weighted by Gasteiger charge is 2.46. The van der Waals surface area contributed by atoms with E-state index in [1.165, 1.54) is 6.42 Å². The molecule has 1 amide bonds. The molecule has 86 valence electrons. The van der Waals surface area contributed by atoms with Crippen LogP contribution in [0.2, 0.25) is 0 Å². The molecule has 1 saturated carbocycles. The van der Waals surface area contributed by atoms with Gasteiger partial charge in [0.2, 0.25) is 0 Å². The van der Waals surface area contributed by atoms with Crippen LogP contribution >= 0.6 is 0 Å². The van der Waals surface area contributed by atoms with Crippen molar-refractivity contribution in [3.63, 3.8) is 0 Å². The third-order valence-electron chi connectivity index (χ3n) is 3.25. The van der Waals surface area contributed by atoms with Gasteiger partial charge in [0.05, 0.1) is 21.1 Å². The summed E-state index contributed by atoms with van der Waals surface area (Å²) < 4.78 is 18.0. The molecule has 1 unspecified atom stereocenters. The number of hydrogen-bond donors (Lipinski definition) is 0. The number of ether oxygens (including phenoxy) is 2. The number of rotatable bonds is 1. The van der Waals surface area contributed by atoms with E-state index < -0.39 is 18.4 Å². The molecule has 4 heteroatoms. The van der Waals surface area contributed by atoms with Crippen LogP contribution < -0.4 is 0 Å². The van der Waals surface area contributed by atoms with Gasteiger partial charge in [-0.05, 0) is 32.6 Å². The molecular formula is C11H19NO3. The summed E-state index contributed by atoms with van der Waals surface area (Å²) in [7, 11) is 0. The molecule has 0 aromatic rings. The van der Waals surface area contributed by atoms with Crippen LogP contribution in [-0.4, -0.2) is 36.5 Å². The molecule has 2 aliphatic rings. The molecule has 1 aliphatic heterocycles. The second-order valence-electron chi connectivity index (χ2n) is 4.13. The summed E-state index contributed by atoms with van der Waals surface area (Å²) >= 11 is 0. The smallest absolute Gasteiger partial charge is 0.412 e. The monoisotopic (exact) mass is 214 g/mol. The Kier molecular flexibility index (Phi) is 2.77. The Bertz CT molecular complexity index is 264. The topological polar surface area (TPSA) is 38.8 Å². The Morgan fingerprint density at radius 3 is 2.93 bits per heavy atom. The van der Waals surface area contributed by atoms with Crippen LogP contribution in [0.5, 0.6) is 0 Å². The standard InChI is InChI=1S/C11H19NO3/c1-2-14-10(13)12-8-9-15-11(12)6-4-3-5-7-11/h2-9H2,1H3/i2D. The van der Waals surface area contributed by atoms with Crippen molar-refractivity contribution in [1.29, 1.82) is 0 Å². The normalized spacial score (nSPS) is 27.5. The first-order valence-corrected chi connectivity index (χ1v) is 5.68. The number of hydrogen-bond acceptors (Lipinski definition) is 3. The zero-order valence-electron chi connectivity index (χ0n) is 10.2. The average molecular weight is 214 g/mol. The lowest BCUT2D eigenvalue weighted by Gasteiger charge is -2.39. The fourth-order valence-corrected chi connectivity index (χ4v) is 2.55. The van der Waals surface area contributed by atoms with Gasteiger partial charge >= 0.3 is 6.09 Å². The van der Waals surface area contributed by atoms with Gasteiger partial charge < -0.3 is 9.47 Å². The van der Waals surface area contributed by atoms with Crippen LogP contribution in [0.3, 0.4) is 0 Å². The summed E-state index contributed by atoms with van der Waals surface area (Å²) in [5.74, 6) is 0. The second kappa shape index (κ2) is 4.39. The van der Waals surface area contributed by atoms with Crippen molar-refractivity contribution in [2.75, 3.05) is 19.7 Å². The third kappa shape index (κ3) is 1.95. The predicted molar refractivity (Wildman–Crippen MR) is 55.5 cm³/mol. The maximum Gasteiger partial charge on any atom is 0.412 e. The molecule has 15 heavy (non-hydrogen) atoms. The van der Waals surface area contributed by atoms with E-state index in [0.29, 0.717) is 13.2 Å². The van der Waals surface area contributed by atoms with Crippen LogP contribution in [0.4, 0.5) is 4.79 Å². The third-order valence-corrected chi connectivity index (χ3v) is 3.25.